The van der Waals surface area contributed by atoms with Crippen molar-refractivity contribution in [3.8, 4) is 5.13 Å². The summed E-state index contributed by atoms with van der Waals surface area (Å²) in [6, 6.07) is 0. The molecule has 0 unspecified atom stereocenters. The topological polar surface area (TPSA) is 69.6 Å². The molecule has 0 bridgehead atoms. The van der Waals surface area contributed by atoms with Gasteiger partial charge in [-0.15, -0.1) is 0 Å². The minimum absolute atomic E-state index is 0.498. The third-order valence-electron chi connectivity index (χ3n) is 1.58. The predicted octanol–water partition coefficient (Wildman–Crippen LogP) is 0.491. The summed E-state index contributed by atoms with van der Waals surface area (Å²) >= 11 is 1.32. The Morgan fingerprint density at radius 1 is 1.62 bits per heavy atom. The third-order valence-corrected chi connectivity index (χ3v) is 2.38. The molecule has 0 saturated carbocycles. The SMILES string of the molecule is Cc1nsc(-n2cc(CN)cn2)n1. The van der Waals surface area contributed by atoms with Crippen LogP contribution in [0.2, 0.25) is 0 Å². The van der Waals surface area contributed by atoms with E-state index in [9.17, 15) is 0 Å². The lowest BCUT2D eigenvalue weighted by Gasteiger charge is -1.90. The van der Waals surface area contributed by atoms with Crippen LogP contribution in [0.5, 0.6) is 0 Å². The van der Waals surface area contributed by atoms with Gasteiger partial charge in [0.15, 0.2) is 0 Å². The number of nitrogens with two attached hydrogens (primary N) is 1. The lowest BCUT2D eigenvalue weighted by Crippen LogP contribution is -1.95. The second kappa shape index (κ2) is 3.23. The number of hydrogen-bond donors (Lipinski definition) is 1. The monoisotopic (exact) mass is 195 g/mol. The van der Waals surface area contributed by atoms with Gasteiger partial charge in [-0.3, -0.25) is 0 Å². The minimum atomic E-state index is 0.498. The molecule has 2 heterocycles. The van der Waals surface area contributed by atoms with E-state index in [1.807, 2.05) is 13.1 Å². The fourth-order valence-electron chi connectivity index (χ4n) is 0.949. The molecule has 0 aliphatic carbocycles. The molecule has 0 aliphatic heterocycles. The second-order valence-corrected chi connectivity index (χ2v) is 3.35. The number of nitrogens with zero attached hydrogens (tertiary/aromatic N) is 4. The van der Waals surface area contributed by atoms with Crippen molar-refractivity contribution in [2.24, 2.45) is 5.73 Å². The average molecular weight is 195 g/mol. The molecule has 0 fully saturated rings. The highest BCUT2D eigenvalue weighted by atomic mass is 32.1. The van der Waals surface area contributed by atoms with Crippen LogP contribution in [0.1, 0.15) is 11.4 Å². The van der Waals surface area contributed by atoms with E-state index in [1.54, 1.807) is 10.9 Å². The Kier molecular flexibility index (Phi) is 2.07. The number of aromatic nitrogens is 4. The molecule has 0 spiro atoms. The zero-order valence-corrected chi connectivity index (χ0v) is 7.95. The summed E-state index contributed by atoms with van der Waals surface area (Å²) in [5, 5.41) is 4.89. The molecule has 0 saturated heterocycles. The van der Waals surface area contributed by atoms with Crippen LogP contribution in [0.15, 0.2) is 12.4 Å². The van der Waals surface area contributed by atoms with Crippen LogP contribution in [-0.4, -0.2) is 19.1 Å². The molecular weight excluding hydrogens is 186 g/mol. The normalized spacial score (nSPS) is 10.6. The summed E-state index contributed by atoms with van der Waals surface area (Å²) in [5.74, 6) is 0.768. The molecule has 2 rings (SSSR count). The summed E-state index contributed by atoms with van der Waals surface area (Å²) in [6.07, 6.45) is 3.59. The van der Waals surface area contributed by atoms with Gasteiger partial charge in [-0.25, -0.2) is 9.67 Å². The summed E-state index contributed by atoms with van der Waals surface area (Å²) in [7, 11) is 0. The second-order valence-electron chi connectivity index (χ2n) is 2.62. The Labute approximate surface area is 79.4 Å². The van der Waals surface area contributed by atoms with E-state index in [4.69, 9.17) is 5.73 Å². The Morgan fingerprint density at radius 2 is 2.46 bits per heavy atom. The molecule has 2 N–H and O–H groups in total. The molecule has 2 aromatic rings. The Balaban J connectivity index is 2.35. The summed E-state index contributed by atoms with van der Waals surface area (Å²) in [6.45, 7) is 2.35. The smallest absolute Gasteiger partial charge is 0.230 e. The molecule has 0 amide bonds. The van der Waals surface area contributed by atoms with Gasteiger partial charge in [-0.05, 0) is 6.92 Å². The van der Waals surface area contributed by atoms with E-state index in [0.29, 0.717) is 6.54 Å². The van der Waals surface area contributed by atoms with E-state index in [-0.39, 0.29) is 0 Å². The lowest BCUT2D eigenvalue weighted by molar-refractivity contribution is 0.863. The summed E-state index contributed by atoms with van der Waals surface area (Å²) in [4.78, 5) is 4.20. The van der Waals surface area contributed by atoms with Crippen LogP contribution < -0.4 is 5.73 Å². The van der Waals surface area contributed by atoms with Gasteiger partial charge >= 0.3 is 0 Å². The van der Waals surface area contributed by atoms with E-state index in [1.165, 1.54) is 11.5 Å². The van der Waals surface area contributed by atoms with Gasteiger partial charge in [0.25, 0.3) is 0 Å². The van der Waals surface area contributed by atoms with Gasteiger partial charge in [0, 0.05) is 29.8 Å². The van der Waals surface area contributed by atoms with Crippen molar-refractivity contribution in [1.82, 2.24) is 19.1 Å². The van der Waals surface area contributed by atoms with Gasteiger partial charge in [0.1, 0.15) is 5.82 Å². The standard InChI is InChI=1S/C7H9N5S/c1-5-10-7(13-11-5)12-4-6(2-8)3-9-12/h3-4H,2,8H2,1H3. The number of aryl methyl sites for hydroxylation is 1. The molecule has 5 nitrogen and oxygen atoms in total. The first-order valence-electron chi connectivity index (χ1n) is 3.84. The fraction of sp³-hybridized carbons (Fsp3) is 0.286. The number of rotatable bonds is 2. The zero-order chi connectivity index (χ0) is 9.26. The van der Waals surface area contributed by atoms with Crippen molar-refractivity contribution in [2.75, 3.05) is 0 Å². The van der Waals surface area contributed by atoms with Crippen LogP contribution in [-0.2, 0) is 6.54 Å². The van der Waals surface area contributed by atoms with Crippen LogP contribution in [0.3, 0.4) is 0 Å². The molecule has 6 heteroatoms. The van der Waals surface area contributed by atoms with Crippen molar-refractivity contribution in [2.45, 2.75) is 13.5 Å². The first-order chi connectivity index (χ1) is 6.29. The summed E-state index contributed by atoms with van der Waals surface area (Å²) in [5.41, 5.74) is 6.45. The molecule has 0 aromatic carbocycles. The molecular formula is C7H9N5S. The molecule has 0 aliphatic rings. The van der Waals surface area contributed by atoms with Gasteiger partial charge in [0.05, 0.1) is 6.20 Å². The van der Waals surface area contributed by atoms with Crippen molar-refractivity contribution in [3.05, 3.63) is 23.8 Å². The van der Waals surface area contributed by atoms with Crippen molar-refractivity contribution >= 4 is 11.5 Å². The predicted molar refractivity (Wildman–Crippen MR) is 49.7 cm³/mol. The quantitative estimate of drug-likeness (QED) is 0.757. The lowest BCUT2D eigenvalue weighted by atomic mass is 10.4. The third kappa shape index (κ3) is 1.58. The van der Waals surface area contributed by atoms with Gasteiger partial charge in [-0.1, -0.05) is 0 Å². The maximum atomic E-state index is 5.46. The largest absolute Gasteiger partial charge is 0.326 e. The van der Waals surface area contributed by atoms with Gasteiger partial charge < -0.3 is 5.73 Å². The van der Waals surface area contributed by atoms with E-state index in [0.717, 1.165) is 16.5 Å². The Bertz CT molecular complexity index is 404. The van der Waals surface area contributed by atoms with Gasteiger partial charge in [0.2, 0.25) is 5.13 Å². The maximum absolute atomic E-state index is 5.46. The first kappa shape index (κ1) is 8.33. The maximum Gasteiger partial charge on any atom is 0.230 e. The zero-order valence-electron chi connectivity index (χ0n) is 7.14. The number of hydrogen-bond acceptors (Lipinski definition) is 5. The minimum Gasteiger partial charge on any atom is -0.326 e. The molecule has 13 heavy (non-hydrogen) atoms. The fourth-order valence-corrected chi connectivity index (χ4v) is 1.56. The van der Waals surface area contributed by atoms with Gasteiger partial charge in [-0.2, -0.15) is 9.47 Å². The molecule has 68 valence electrons. The summed E-state index contributed by atoms with van der Waals surface area (Å²) < 4.78 is 5.75. The Morgan fingerprint density at radius 3 is 3.00 bits per heavy atom. The highest BCUT2D eigenvalue weighted by Crippen LogP contribution is 2.10. The van der Waals surface area contributed by atoms with E-state index < -0.39 is 0 Å². The van der Waals surface area contributed by atoms with E-state index in [2.05, 4.69) is 14.5 Å². The molecule has 2 aromatic heterocycles. The molecule has 0 atom stereocenters. The molecule has 0 radical (unpaired) electrons. The van der Waals surface area contributed by atoms with Crippen LogP contribution >= 0.6 is 11.5 Å². The van der Waals surface area contributed by atoms with Crippen molar-refractivity contribution in [1.29, 1.82) is 0 Å². The van der Waals surface area contributed by atoms with Crippen LogP contribution in [0, 0.1) is 6.92 Å². The van der Waals surface area contributed by atoms with Crippen molar-refractivity contribution < 1.29 is 0 Å². The first-order valence-corrected chi connectivity index (χ1v) is 4.61. The average Bonchev–Trinajstić information content (AvgIpc) is 2.71. The Hall–Kier alpha value is -1.27. The van der Waals surface area contributed by atoms with Crippen LogP contribution in [0.25, 0.3) is 5.13 Å². The van der Waals surface area contributed by atoms with Crippen molar-refractivity contribution in [3.63, 3.8) is 0 Å². The van der Waals surface area contributed by atoms with E-state index >= 15 is 0 Å². The highest BCUT2D eigenvalue weighted by molar-refractivity contribution is 7.08. The van der Waals surface area contributed by atoms with Crippen LogP contribution in [0.4, 0.5) is 0 Å². The highest BCUT2D eigenvalue weighted by Gasteiger charge is 2.03.